The Kier molecular flexibility index (Phi) is 9.53. The maximum Gasteiger partial charge on any atom is 0.343 e. The van der Waals surface area contributed by atoms with Crippen molar-refractivity contribution in [2.24, 2.45) is 0 Å². The lowest BCUT2D eigenvalue weighted by Crippen LogP contribution is -2.18. The molecule has 3 aromatic rings. The molecule has 4 nitrogen and oxygen atoms in total. The summed E-state index contributed by atoms with van der Waals surface area (Å²) in [6.07, 6.45) is 10.3. The molecule has 194 valence electrons. The zero-order valence-electron chi connectivity index (χ0n) is 22.1. The van der Waals surface area contributed by atoms with Crippen LogP contribution in [0.4, 0.5) is 0 Å². The molecule has 3 aromatic carbocycles. The summed E-state index contributed by atoms with van der Waals surface area (Å²) in [5, 5.41) is 0. The minimum absolute atomic E-state index is 0.282. The number of carbonyl (C=O) groups is 2. The number of ether oxygens (including phenoxy) is 2. The Bertz CT molecular complexity index is 1180. The van der Waals surface area contributed by atoms with Crippen LogP contribution >= 0.6 is 0 Å². The highest BCUT2D eigenvalue weighted by molar-refractivity contribution is 5.93. The third kappa shape index (κ3) is 6.68. The summed E-state index contributed by atoms with van der Waals surface area (Å²) < 4.78 is 12.4. The molecule has 0 aromatic heterocycles. The van der Waals surface area contributed by atoms with E-state index in [2.05, 4.69) is 19.9 Å². The number of unbranched alkanes of at least 4 members (excludes halogenated alkanes) is 1. The van der Waals surface area contributed by atoms with Crippen LogP contribution < -0.4 is 9.47 Å². The minimum atomic E-state index is -0.439. The quantitative estimate of drug-likeness (QED) is 0.208. The third-order valence-corrected chi connectivity index (χ3v) is 7.18. The summed E-state index contributed by atoms with van der Waals surface area (Å²) in [5.74, 6) is 0.266. The molecule has 0 spiro atoms. The van der Waals surface area contributed by atoms with E-state index in [0.29, 0.717) is 22.6 Å². The van der Waals surface area contributed by atoms with Gasteiger partial charge in [0.25, 0.3) is 0 Å². The van der Waals surface area contributed by atoms with Crippen molar-refractivity contribution >= 4 is 11.9 Å². The van der Waals surface area contributed by atoms with E-state index in [-0.39, 0.29) is 5.92 Å². The van der Waals surface area contributed by atoms with Crippen molar-refractivity contribution in [3.63, 3.8) is 0 Å². The first-order valence-electron chi connectivity index (χ1n) is 13.8. The molecule has 1 aliphatic rings. The van der Waals surface area contributed by atoms with Crippen molar-refractivity contribution in [2.45, 2.75) is 84.0 Å². The molecule has 0 bridgehead atoms. The Morgan fingerprint density at radius 1 is 0.703 bits per heavy atom. The first-order chi connectivity index (χ1) is 18.1. The van der Waals surface area contributed by atoms with Crippen molar-refractivity contribution in [2.75, 3.05) is 0 Å². The zero-order chi connectivity index (χ0) is 26.0. The van der Waals surface area contributed by atoms with Gasteiger partial charge in [-0.05, 0) is 73.4 Å². The Hall–Kier alpha value is -3.40. The molecule has 0 saturated heterocycles. The number of benzene rings is 3. The van der Waals surface area contributed by atoms with Gasteiger partial charge in [-0.1, -0.05) is 88.4 Å². The predicted molar refractivity (Wildman–Crippen MR) is 148 cm³/mol. The molecule has 0 N–H and O–H groups in total. The lowest BCUT2D eigenvalue weighted by Gasteiger charge is -2.29. The van der Waals surface area contributed by atoms with Crippen LogP contribution in [0.2, 0.25) is 0 Å². The van der Waals surface area contributed by atoms with Crippen LogP contribution in [0, 0.1) is 0 Å². The van der Waals surface area contributed by atoms with Gasteiger partial charge in [-0.25, -0.2) is 9.59 Å². The fourth-order valence-electron chi connectivity index (χ4n) is 5.30. The van der Waals surface area contributed by atoms with E-state index in [1.807, 2.05) is 36.4 Å². The monoisotopic (exact) mass is 498 g/mol. The topological polar surface area (TPSA) is 52.6 Å². The van der Waals surface area contributed by atoms with Crippen molar-refractivity contribution < 1.29 is 19.1 Å². The summed E-state index contributed by atoms with van der Waals surface area (Å²) >= 11 is 0. The van der Waals surface area contributed by atoms with E-state index in [4.69, 9.17) is 9.47 Å². The largest absolute Gasteiger partial charge is 0.419 e. The van der Waals surface area contributed by atoms with E-state index < -0.39 is 11.9 Å². The van der Waals surface area contributed by atoms with Crippen LogP contribution in [0.15, 0.2) is 66.7 Å². The molecule has 0 amide bonds. The number of aryl methyl sites for hydroxylation is 2. The normalized spacial score (nSPS) is 13.8. The van der Waals surface area contributed by atoms with E-state index in [1.54, 1.807) is 24.3 Å². The maximum absolute atomic E-state index is 13.4. The Morgan fingerprint density at radius 2 is 1.27 bits per heavy atom. The Balaban J connectivity index is 1.88. The number of hydrogen-bond donors (Lipinski definition) is 0. The second-order valence-electron chi connectivity index (χ2n) is 9.97. The number of carbonyl (C=O) groups excluding carboxylic acids is 2. The van der Waals surface area contributed by atoms with Crippen LogP contribution in [0.1, 0.15) is 109 Å². The van der Waals surface area contributed by atoms with Crippen LogP contribution in [-0.4, -0.2) is 11.9 Å². The molecule has 4 heteroatoms. The second kappa shape index (κ2) is 13.2. The zero-order valence-corrected chi connectivity index (χ0v) is 22.1. The number of rotatable bonds is 10. The Labute approximate surface area is 221 Å². The fourth-order valence-corrected chi connectivity index (χ4v) is 5.30. The molecule has 4 rings (SSSR count). The summed E-state index contributed by atoms with van der Waals surface area (Å²) in [4.78, 5) is 26.6. The van der Waals surface area contributed by atoms with E-state index in [9.17, 15) is 9.59 Å². The minimum Gasteiger partial charge on any atom is -0.419 e. The van der Waals surface area contributed by atoms with Crippen LogP contribution in [0.3, 0.4) is 0 Å². The highest BCUT2D eigenvalue weighted by Crippen LogP contribution is 2.47. The van der Waals surface area contributed by atoms with Gasteiger partial charge in [-0.2, -0.15) is 0 Å². The van der Waals surface area contributed by atoms with Crippen LogP contribution in [0.25, 0.3) is 0 Å². The summed E-state index contributed by atoms with van der Waals surface area (Å²) in [6.45, 7) is 4.30. The highest BCUT2D eigenvalue weighted by atomic mass is 16.6. The van der Waals surface area contributed by atoms with E-state index in [1.165, 1.54) is 12.0 Å². The molecule has 37 heavy (non-hydrogen) atoms. The molecule has 0 radical (unpaired) electrons. The van der Waals surface area contributed by atoms with Gasteiger partial charge in [0.2, 0.25) is 0 Å². The molecular formula is C33H38O4. The second-order valence-corrected chi connectivity index (χ2v) is 9.97. The first-order valence-corrected chi connectivity index (χ1v) is 13.8. The average Bonchev–Trinajstić information content (AvgIpc) is 2.95. The van der Waals surface area contributed by atoms with Gasteiger partial charge < -0.3 is 9.47 Å². The smallest absolute Gasteiger partial charge is 0.343 e. The van der Waals surface area contributed by atoms with Gasteiger partial charge >= 0.3 is 11.9 Å². The van der Waals surface area contributed by atoms with Crippen molar-refractivity contribution in [1.82, 2.24) is 0 Å². The molecule has 0 aliphatic heterocycles. The van der Waals surface area contributed by atoms with Gasteiger partial charge in [0.05, 0.1) is 11.1 Å². The molecule has 1 saturated carbocycles. The van der Waals surface area contributed by atoms with E-state index >= 15 is 0 Å². The lowest BCUT2D eigenvalue weighted by atomic mass is 9.79. The summed E-state index contributed by atoms with van der Waals surface area (Å²) in [6, 6.07) is 20.3. The molecule has 1 aliphatic carbocycles. The van der Waals surface area contributed by atoms with Crippen molar-refractivity contribution in [1.29, 1.82) is 0 Å². The summed E-state index contributed by atoms with van der Waals surface area (Å²) in [5.41, 5.74) is 4.17. The van der Waals surface area contributed by atoms with Crippen LogP contribution in [-0.2, 0) is 12.8 Å². The summed E-state index contributed by atoms with van der Waals surface area (Å²) in [7, 11) is 0. The van der Waals surface area contributed by atoms with Gasteiger partial charge in [0, 0.05) is 5.56 Å². The number of hydrogen-bond acceptors (Lipinski definition) is 4. The van der Waals surface area contributed by atoms with Gasteiger partial charge in [0.1, 0.15) is 0 Å². The standard InChI is InChI=1S/C33H38O4/c1-3-5-16-27-23-28(15-4-2)30(36-32(34)25-19-11-7-12-20-25)31(29(27)24-17-9-6-10-18-24)37-33(35)26-21-13-8-14-22-26/h7-8,11-14,19-24H,3-6,9-10,15-18H2,1-2H3. The molecule has 0 atom stereocenters. The maximum atomic E-state index is 13.4. The SMILES string of the molecule is CCCCc1cc(CCC)c(OC(=O)c2ccccc2)c(OC(=O)c2ccccc2)c1C1CCCCC1. The van der Waals surface area contributed by atoms with Crippen molar-refractivity contribution in [3.05, 3.63) is 94.5 Å². The average molecular weight is 499 g/mol. The lowest BCUT2D eigenvalue weighted by molar-refractivity contribution is 0.0678. The fraction of sp³-hybridized carbons (Fsp3) is 0.394. The molecule has 1 fully saturated rings. The first kappa shape index (κ1) is 26.7. The van der Waals surface area contributed by atoms with Gasteiger partial charge in [-0.3, -0.25) is 0 Å². The Morgan fingerprint density at radius 3 is 1.81 bits per heavy atom. The van der Waals surface area contributed by atoms with Gasteiger partial charge in [0.15, 0.2) is 11.5 Å². The van der Waals surface area contributed by atoms with Crippen molar-refractivity contribution in [3.8, 4) is 11.5 Å². The van der Waals surface area contributed by atoms with Crippen LogP contribution in [0.5, 0.6) is 11.5 Å². The molecular weight excluding hydrogens is 460 g/mol. The van der Waals surface area contributed by atoms with Gasteiger partial charge in [-0.15, -0.1) is 0 Å². The third-order valence-electron chi connectivity index (χ3n) is 7.18. The highest BCUT2D eigenvalue weighted by Gasteiger charge is 2.30. The molecule has 0 unspecified atom stereocenters. The predicted octanol–water partition coefficient (Wildman–Crippen LogP) is 8.47. The number of esters is 2. The van der Waals surface area contributed by atoms with E-state index in [0.717, 1.165) is 68.9 Å². The molecule has 0 heterocycles.